The Morgan fingerprint density at radius 1 is 1.15 bits per heavy atom. The summed E-state index contributed by atoms with van der Waals surface area (Å²) < 4.78 is 6.13. The lowest BCUT2D eigenvalue weighted by Crippen LogP contribution is -2.44. The number of aliphatic hydroxyl groups excluding tert-OH is 1. The average molecular weight is 274 g/mol. The van der Waals surface area contributed by atoms with Crippen molar-refractivity contribution in [1.29, 1.82) is 0 Å². The van der Waals surface area contributed by atoms with E-state index in [1.54, 1.807) is 0 Å². The van der Waals surface area contributed by atoms with Crippen LogP contribution in [0, 0.1) is 5.92 Å². The van der Waals surface area contributed by atoms with Gasteiger partial charge < -0.3 is 9.84 Å². The molecule has 1 spiro atoms. The second-order valence-corrected chi connectivity index (χ2v) is 6.60. The highest BCUT2D eigenvalue weighted by Gasteiger charge is 2.40. The van der Waals surface area contributed by atoms with E-state index in [9.17, 15) is 5.11 Å². The van der Waals surface area contributed by atoms with Crippen molar-refractivity contribution in [2.45, 2.75) is 63.1 Å². The van der Waals surface area contributed by atoms with Crippen molar-refractivity contribution in [3.8, 4) is 0 Å². The van der Waals surface area contributed by atoms with Gasteiger partial charge in [-0.25, -0.2) is 0 Å². The van der Waals surface area contributed by atoms with E-state index in [0.717, 1.165) is 25.9 Å². The van der Waals surface area contributed by atoms with Crippen LogP contribution in [0.5, 0.6) is 0 Å². The Hall–Kier alpha value is -0.860. The van der Waals surface area contributed by atoms with Crippen LogP contribution in [0.2, 0.25) is 0 Å². The topological polar surface area (TPSA) is 29.5 Å². The van der Waals surface area contributed by atoms with Gasteiger partial charge in [0.2, 0.25) is 0 Å². The molecule has 1 N–H and O–H groups in total. The summed E-state index contributed by atoms with van der Waals surface area (Å²) in [5.74, 6) is 0.405. The van der Waals surface area contributed by atoms with E-state index in [4.69, 9.17) is 4.74 Å². The van der Waals surface area contributed by atoms with Crippen molar-refractivity contribution in [2.75, 3.05) is 6.61 Å². The SMILES string of the molecule is OC(Cc1ccccc1)C1CCOC2(CCCCC2)C1. The van der Waals surface area contributed by atoms with Gasteiger partial charge >= 0.3 is 0 Å². The summed E-state index contributed by atoms with van der Waals surface area (Å²) >= 11 is 0. The van der Waals surface area contributed by atoms with Crippen LogP contribution >= 0.6 is 0 Å². The Labute approximate surface area is 122 Å². The third kappa shape index (κ3) is 3.24. The molecule has 2 atom stereocenters. The molecule has 0 amide bonds. The fraction of sp³-hybridized carbons (Fsp3) is 0.667. The van der Waals surface area contributed by atoms with Crippen molar-refractivity contribution in [3.05, 3.63) is 35.9 Å². The predicted molar refractivity (Wildman–Crippen MR) is 80.6 cm³/mol. The molecular weight excluding hydrogens is 248 g/mol. The molecule has 0 aromatic heterocycles. The van der Waals surface area contributed by atoms with E-state index in [1.165, 1.54) is 37.7 Å². The highest BCUT2D eigenvalue weighted by atomic mass is 16.5. The Morgan fingerprint density at radius 3 is 2.65 bits per heavy atom. The Bertz CT molecular complexity index is 403. The van der Waals surface area contributed by atoms with E-state index >= 15 is 0 Å². The Kier molecular flexibility index (Phi) is 4.42. The molecule has 20 heavy (non-hydrogen) atoms. The molecule has 2 fully saturated rings. The number of benzene rings is 1. The minimum atomic E-state index is -0.222. The molecule has 0 radical (unpaired) electrons. The summed E-state index contributed by atoms with van der Waals surface area (Å²) in [5, 5.41) is 10.6. The van der Waals surface area contributed by atoms with E-state index in [1.807, 2.05) is 6.07 Å². The zero-order chi connectivity index (χ0) is 13.8. The van der Waals surface area contributed by atoms with Gasteiger partial charge in [0.05, 0.1) is 11.7 Å². The van der Waals surface area contributed by atoms with Crippen LogP contribution in [-0.2, 0) is 11.2 Å². The normalized spacial score (nSPS) is 27.4. The maximum absolute atomic E-state index is 10.6. The van der Waals surface area contributed by atoms with Crippen LogP contribution in [0.15, 0.2) is 30.3 Å². The highest BCUT2D eigenvalue weighted by molar-refractivity contribution is 5.15. The molecule has 1 saturated carbocycles. The van der Waals surface area contributed by atoms with Crippen LogP contribution in [0.25, 0.3) is 0 Å². The zero-order valence-corrected chi connectivity index (χ0v) is 12.3. The fourth-order valence-corrected chi connectivity index (χ4v) is 3.96. The molecule has 2 nitrogen and oxygen atoms in total. The molecule has 3 rings (SSSR count). The molecule has 1 aromatic rings. The van der Waals surface area contributed by atoms with Gasteiger partial charge in [0, 0.05) is 6.61 Å². The van der Waals surface area contributed by atoms with Crippen LogP contribution < -0.4 is 0 Å². The summed E-state index contributed by atoms with van der Waals surface area (Å²) in [7, 11) is 0. The number of hydrogen-bond donors (Lipinski definition) is 1. The Balaban J connectivity index is 1.61. The summed E-state index contributed by atoms with van der Waals surface area (Å²) in [6.07, 6.45) is 8.95. The van der Waals surface area contributed by atoms with Gasteiger partial charge in [0.15, 0.2) is 0 Å². The van der Waals surface area contributed by atoms with Gasteiger partial charge in [-0.05, 0) is 43.6 Å². The first-order valence-corrected chi connectivity index (χ1v) is 8.13. The smallest absolute Gasteiger partial charge is 0.0686 e. The molecule has 2 heteroatoms. The molecule has 1 heterocycles. The molecule has 1 aromatic carbocycles. The van der Waals surface area contributed by atoms with Crippen molar-refractivity contribution < 1.29 is 9.84 Å². The van der Waals surface area contributed by atoms with Crippen molar-refractivity contribution in [1.82, 2.24) is 0 Å². The minimum Gasteiger partial charge on any atom is -0.392 e. The lowest BCUT2D eigenvalue weighted by atomic mass is 9.74. The van der Waals surface area contributed by atoms with Gasteiger partial charge in [-0.15, -0.1) is 0 Å². The predicted octanol–water partition coefficient (Wildman–Crippen LogP) is 3.72. The molecule has 1 aliphatic heterocycles. The fourth-order valence-electron chi connectivity index (χ4n) is 3.96. The molecule has 1 aliphatic carbocycles. The molecule has 2 unspecified atom stereocenters. The van der Waals surface area contributed by atoms with Crippen LogP contribution in [0.1, 0.15) is 50.5 Å². The van der Waals surface area contributed by atoms with Crippen LogP contribution in [0.4, 0.5) is 0 Å². The minimum absolute atomic E-state index is 0.0961. The summed E-state index contributed by atoms with van der Waals surface area (Å²) in [6.45, 7) is 0.830. The monoisotopic (exact) mass is 274 g/mol. The molecule has 1 saturated heterocycles. The third-order valence-corrected chi connectivity index (χ3v) is 5.13. The lowest BCUT2D eigenvalue weighted by Gasteiger charge is -2.44. The van der Waals surface area contributed by atoms with Crippen LogP contribution in [0.3, 0.4) is 0 Å². The van der Waals surface area contributed by atoms with E-state index in [-0.39, 0.29) is 11.7 Å². The largest absolute Gasteiger partial charge is 0.392 e. The van der Waals surface area contributed by atoms with E-state index < -0.39 is 0 Å². The first kappa shape index (κ1) is 14.1. The van der Waals surface area contributed by atoms with E-state index in [0.29, 0.717) is 5.92 Å². The van der Waals surface area contributed by atoms with Gasteiger partial charge in [0.25, 0.3) is 0 Å². The number of rotatable bonds is 3. The van der Waals surface area contributed by atoms with Gasteiger partial charge in [-0.3, -0.25) is 0 Å². The number of hydrogen-bond acceptors (Lipinski definition) is 2. The first-order chi connectivity index (χ1) is 9.77. The Morgan fingerprint density at radius 2 is 1.90 bits per heavy atom. The van der Waals surface area contributed by atoms with Crippen molar-refractivity contribution in [2.24, 2.45) is 5.92 Å². The van der Waals surface area contributed by atoms with Crippen LogP contribution in [-0.4, -0.2) is 23.4 Å². The standard InChI is InChI=1S/C18H26O2/c19-17(13-15-7-3-1-4-8-15)16-9-12-20-18(14-16)10-5-2-6-11-18/h1,3-4,7-8,16-17,19H,2,5-6,9-14H2. The molecule has 2 aliphatic rings. The number of aliphatic hydroxyl groups is 1. The average Bonchev–Trinajstić information content (AvgIpc) is 2.49. The molecular formula is C18H26O2. The van der Waals surface area contributed by atoms with Gasteiger partial charge in [-0.1, -0.05) is 49.6 Å². The van der Waals surface area contributed by atoms with Gasteiger partial charge in [-0.2, -0.15) is 0 Å². The number of ether oxygens (including phenoxy) is 1. The molecule has 110 valence electrons. The maximum Gasteiger partial charge on any atom is 0.0686 e. The summed E-state index contributed by atoms with van der Waals surface area (Å²) in [5.41, 5.74) is 1.34. The third-order valence-electron chi connectivity index (χ3n) is 5.13. The lowest BCUT2D eigenvalue weighted by molar-refractivity contribution is -0.133. The van der Waals surface area contributed by atoms with Gasteiger partial charge in [0.1, 0.15) is 0 Å². The second-order valence-electron chi connectivity index (χ2n) is 6.60. The van der Waals surface area contributed by atoms with E-state index in [2.05, 4.69) is 24.3 Å². The first-order valence-electron chi connectivity index (χ1n) is 8.13. The van der Waals surface area contributed by atoms with Crippen molar-refractivity contribution >= 4 is 0 Å². The quantitative estimate of drug-likeness (QED) is 0.910. The molecule has 0 bridgehead atoms. The maximum atomic E-state index is 10.6. The summed E-state index contributed by atoms with van der Waals surface area (Å²) in [4.78, 5) is 0. The zero-order valence-electron chi connectivity index (χ0n) is 12.3. The summed E-state index contributed by atoms with van der Waals surface area (Å²) in [6, 6.07) is 10.3. The van der Waals surface area contributed by atoms with Crippen molar-refractivity contribution in [3.63, 3.8) is 0 Å². The highest BCUT2D eigenvalue weighted by Crippen LogP contribution is 2.41. The second kappa shape index (κ2) is 6.28.